The zero-order valence-corrected chi connectivity index (χ0v) is 13.1. The van der Waals surface area contributed by atoms with Crippen LogP contribution in [0.3, 0.4) is 0 Å². The van der Waals surface area contributed by atoms with Gasteiger partial charge < -0.3 is 9.84 Å². The molecule has 1 aromatic carbocycles. The molecule has 3 heterocycles. The van der Waals surface area contributed by atoms with Crippen LogP contribution in [-0.4, -0.2) is 40.7 Å². The van der Waals surface area contributed by atoms with Gasteiger partial charge in [-0.15, -0.1) is 0 Å². The Morgan fingerprint density at radius 2 is 2.32 bits per heavy atom. The molecule has 116 valence electrons. The van der Waals surface area contributed by atoms with Crippen molar-refractivity contribution in [2.75, 3.05) is 19.6 Å². The number of benzene rings is 1. The number of fused-ring (bicyclic) bond motifs is 1. The van der Waals surface area contributed by atoms with Crippen LogP contribution in [0.2, 0.25) is 5.02 Å². The number of nitrogens with one attached hydrogen (secondary N) is 1. The summed E-state index contributed by atoms with van der Waals surface area (Å²) >= 11 is 6.01. The number of hydrogen-bond donors (Lipinski definition) is 1. The van der Waals surface area contributed by atoms with Crippen molar-refractivity contribution in [1.29, 1.82) is 0 Å². The van der Waals surface area contributed by atoms with E-state index in [1.807, 2.05) is 24.3 Å². The van der Waals surface area contributed by atoms with Crippen LogP contribution in [0, 0.1) is 5.92 Å². The highest BCUT2D eigenvalue weighted by molar-refractivity contribution is 6.30. The first-order valence-electron chi connectivity index (χ1n) is 7.82. The molecule has 2 aromatic rings. The topological polar surface area (TPSA) is 54.2 Å². The highest BCUT2D eigenvalue weighted by atomic mass is 35.5. The van der Waals surface area contributed by atoms with Crippen molar-refractivity contribution >= 4 is 11.6 Å². The summed E-state index contributed by atoms with van der Waals surface area (Å²) in [5, 5.41) is 8.34. The lowest BCUT2D eigenvalue weighted by Gasteiger charge is -2.33. The third-order valence-corrected chi connectivity index (χ3v) is 4.88. The SMILES string of the molecule is Clc1cccc(-c2noc(CN3CCC4NCCC4C3)n2)c1. The minimum Gasteiger partial charge on any atom is -0.338 e. The Labute approximate surface area is 134 Å². The predicted molar refractivity (Wildman–Crippen MR) is 84.5 cm³/mol. The average Bonchev–Trinajstić information content (AvgIpc) is 3.16. The van der Waals surface area contributed by atoms with E-state index in [9.17, 15) is 0 Å². The second kappa shape index (κ2) is 5.99. The van der Waals surface area contributed by atoms with Gasteiger partial charge in [-0.1, -0.05) is 28.9 Å². The lowest BCUT2D eigenvalue weighted by molar-refractivity contribution is 0.140. The molecular weight excluding hydrogens is 300 g/mol. The van der Waals surface area contributed by atoms with Crippen LogP contribution >= 0.6 is 11.6 Å². The van der Waals surface area contributed by atoms with Gasteiger partial charge in [0.1, 0.15) is 0 Å². The summed E-state index contributed by atoms with van der Waals surface area (Å²) in [4.78, 5) is 6.93. The first-order chi connectivity index (χ1) is 10.8. The summed E-state index contributed by atoms with van der Waals surface area (Å²) in [7, 11) is 0. The lowest BCUT2D eigenvalue weighted by Crippen LogP contribution is -2.43. The van der Waals surface area contributed by atoms with Gasteiger partial charge in [-0.05, 0) is 37.4 Å². The molecule has 0 bridgehead atoms. The van der Waals surface area contributed by atoms with Gasteiger partial charge in [0.05, 0.1) is 6.54 Å². The number of hydrogen-bond acceptors (Lipinski definition) is 5. The molecule has 1 aromatic heterocycles. The Morgan fingerprint density at radius 1 is 1.36 bits per heavy atom. The highest BCUT2D eigenvalue weighted by Gasteiger charge is 2.32. The maximum absolute atomic E-state index is 6.01. The van der Waals surface area contributed by atoms with E-state index in [2.05, 4.69) is 20.4 Å². The van der Waals surface area contributed by atoms with Gasteiger partial charge in [-0.3, -0.25) is 4.90 Å². The molecule has 2 unspecified atom stereocenters. The van der Waals surface area contributed by atoms with Crippen molar-refractivity contribution in [3.05, 3.63) is 35.2 Å². The molecule has 22 heavy (non-hydrogen) atoms. The van der Waals surface area contributed by atoms with Crippen LogP contribution in [-0.2, 0) is 6.54 Å². The number of rotatable bonds is 3. The smallest absolute Gasteiger partial charge is 0.241 e. The monoisotopic (exact) mass is 318 g/mol. The number of piperidine rings is 1. The fourth-order valence-corrected chi connectivity index (χ4v) is 3.71. The zero-order valence-electron chi connectivity index (χ0n) is 12.3. The van der Waals surface area contributed by atoms with Crippen LogP contribution in [0.25, 0.3) is 11.4 Å². The van der Waals surface area contributed by atoms with E-state index < -0.39 is 0 Å². The van der Waals surface area contributed by atoms with E-state index in [-0.39, 0.29) is 0 Å². The summed E-state index contributed by atoms with van der Waals surface area (Å²) in [6.07, 6.45) is 2.48. The summed E-state index contributed by atoms with van der Waals surface area (Å²) < 4.78 is 5.41. The largest absolute Gasteiger partial charge is 0.338 e. The predicted octanol–water partition coefficient (Wildman–Crippen LogP) is 2.57. The molecule has 2 atom stereocenters. The second-order valence-corrected chi connectivity index (χ2v) is 6.59. The Morgan fingerprint density at radius 3 is 3.23 bits per heavy atom. The molecule has 0 radical (unpaired) electrons. The maximum Gasteiger partial charge on any atom is 0.241 e. The van der Waals surface area contributed by atoms with Crippen LogP contribution in [0.15, 0.2) is 28.8 Å². The van der Waals surface area contributed by atoms with Crippen molar-refractivity contribution in [3.63, 3.8) is 0 Å². The molecule has 1 N–H and O–H groups in total. The molecular formula is C16H19ClN4O. The number of aromatic nitrogens is 2. The third kappa shape index (κ3) is 2.89. The molecule has 0 amide bonds. The molecule has 6 heteroatoms. The fourth-order valence-electron chi connectivity index (χ4n) is 3.52. The minimum absolute atomic E-state index is 0.606. The summed E-state index contributed by atoms with van der Waals surface area (Å²) in [5.41, 5.74) is 0.890. The molecule has 4 rings (SSSR count). The van der Waals surface area contributed by atoms with Gasteiger partial charge in [0.25, 0.3) is 0 Å². The molecule has 2 fully saturated rings. The first-order valence-corrected chi connectivity index (χ1v) is 8.20. The van der Waals surface area contributed by atoms with Crippen LogP contribution < -0.4 is 5.32 Å². The number of halogens is 1. The van der Waals surface area contributed by atoms with Crippen molar-refractivity contribution in [1.82, 2.24) is 20.4 Å². The molecule has 0 spiro atoms. The lowest BCUT2D eigenvalue weighted by atomic mass is 9.93. The van der Waals surface area contributed by atoms with E-state index in [1.165, 1.54) is 12.8 Å². The Bertz CT molecular complexity index is 659. The van der Waals surface area contributed by atoms with Gasteiger partial charge in [0.2, 0.25) is 11.7 Å². The minimum atomic E-state index is 0.606. The van der Waals surface area contributed by atoms with Crippen LogP contribution in [0.4, 0.5) is 0 Å². The Hall–Kier alpha value is -1.43. The molecule has 5 nitrogen and oxygen atoms in total. The van der Waals surface area contributed by atoms with Gasteiger partial charge in [0.15, 0.2) is 0 Å². The van der Waals surface area contributed by atoms with E-state index in [1.54, 1.807) is 0 Å². The average molecular weight is 319 g/mol. The highest BCUT2D eigenvalue weighted by Crippen LogP contribution is 2.26. The van der Waals surface area contributed by atoms with E-state index in [4.69, 9.17) is 16.1 Å². The van der Waals surface area contributed by atoms with Crippen LogP contribution in [0.5, 0.6) is 0 Å². The second-order valence-electron chi connectivity index (χ2n) is 6.16. The van der Waals surface area contributed by atoms with Crippen LogP contribution in [0.1, 0.15) is 18.7 Å². The zero-order chi connectivity index (χ0) is 14.9. The maximum atomic E-state index is 6.01. The quantitative estimate of drug-likeness (QED) is 0.942. The van der Waals surface area contributed by atoms with Crippen molar-refractivity contribution in [2.45, 2.75) is 25.4 Å². The van der Waals surface area contributed by atoms with Gasteiger partial charge in [-0.25, -0.2) is 0 Å². The van der Waals surface area contributed by atoms with Crippen molar-refractivity contribution < 1.29 is 4.52 Å². The van der Waals surface area contributed by atoms with Crippen molar-refractivity contribution in [3.8, 4) is 11.4 Å². The fraction of sp³-hybridized carbons (Fsp3) is 0.500. The Kier molecular flexibility index (Phi) is 3.86. The molecule has 2 aliphatic rings. The number of nitrogens with zero attached hydrogens (tertiary/aromatic N) is 3. The molecule has 0 aliphatic carbocycles. The summed E-state index contributed by atoms with van der Waals surface area (Å²) in [6.45, 7) is 4.09. The van der Waals surface area contributed by atoms with Gasteiger partial charge in [-0.2, -0.15) is 4.98 Å². The first kappa shape index (κ1) is 14.2. The van der Waals surface area contributed by atoms with E-state index in [0.29, 0.717) is 22.8 Å². The standard InChI is InChI=1S/C16H19ClN4O/c17-13-3-1-2-11(8-13)16-19-15(22-20-16)10-21-7-5-14-12(9-21)4-6-18-14/h1-3,8,12,14,18H,4-7,9-10H2. The van der Waals surface area contributed by atoms with Crippen molar-refractivity contribution in [2.24, 2.45) is 5.92 Å². The molecule has 0 saturated carbocycles. The van der Waals surface area contributed by atoms with Gasteiger partial charge >= 0.3 is 0 Å². The molecule has 2 aliphatic heterocycles. The normalized spacial score (nSPS) is 25.3. The summed E-state index contributed by atoms with van der Waals surface area (Å²) in [6, 6.07) is 8.24. The summed E-state index contributed by atoms with van der Waals surface area (Å²) in [5.74, 6) is 2.05. The van der Waals surface area contributed by atoms with Gasteiger partial charge in [0, 0.05) is 29.7 Å². The molecule has 2 saturated heterocycles. The number of likely N-dealkylation sites (tertiary alicyclic amines) is 1. The van der Waals surface area contributed by atoms with E-state index in [0.717, 1.165) is 37.7 Å². The Balaban J connectivity index is 1.44. The van der Waals surface area contributed by atoms with E-state index >= 15 is 0 Å². The third-order valence-electron chi connectivity index (χ3n) is 4.65.